The Labute approximate surface area is 227 Å². The van der Waals surface area contributed by atoms with Gasteiger partial charge < -0.3 is 24.3 Å². The van der Waals surface area contributed by atoms with Gasteiger partial charge in [0.1, 0.15) is 34.9 Å². The predicted molar refractivity (Wildman–Crippen MR) is 138 cm³/mol. The third kappa shape index (κ3) is 5.38. The molecule has 212 valence electrons. The van der Waals surface area contributed by atoms with Gasteiger partial charge in [-0.25, -0.2) is 8.78 Å². The van der Waals surface area contributed by atoms with Crippen LogP contribution in [0.4, 0.5) is 23.2 Å². The summed E-state index contributed by atoms with van der Waals surface area (Å²) in [4.78, 5) is 41.3. The van der Waals surface area contributed by atoms with E-state index in [0.29, 0.717) is 12.1 Å². The number of nitrogens with one attached hydrogen (secondary N) is 1. The highest BCUT2D eigenvalue weighted by Gasteiger charge is 2.46. The summed E-state index contributed by atoms with van der Waals surface area (Å²) in [5.41, 5.74) is 0.359. The molecule has 1 aromatic heterocycles. The molecule has 1 unspecified atom stereocenters. The summed E-state index contributed by atoms with van der Waals surface area (Å²) >= 11 is 0. The van der Waals surface area contributed by atoms with Crippen molar-refractivity contribution in [2.24, 2.45) is 0 Å². The van der Waals surface area contributed by atoms with E-state index in [0.717, 1.165) is 34.7 Å². The lowest BCUT2D eigenvalue weighted by molar-refractivity contribution is -0.118. The molecule has 1 fully saturated rings. The third-order valence-corrected chi connectivity index (χ3v) is 6.97. The van der Waals surface area contributed by atoms with Crippen LogP contribution in [0.1, 0.15) is 39.9 Å². The van der Waals surface area contributed by atoms with Gasteiger partial charge in [0.15, 0.2) is 0 Å². The number of aryl methyl sites for hydroxylation is 2. The number of amides is 2. The first kappa shape index (κ1) is 28.7. The van der Waals surface area contributed by atoms with E-state index in [1.54, 1.807) is 27.0 Å². The highest BCUT2D eigenvalue weighted by atomic mass is 19.3. The van der Waals surface area contributed by atoms with Gasteiger partial charge in [-0.05, 0) is 56.2 Å². The third-order valence-electron chi connectivity index (χ3n) is 6.97. The lowest BCUT2D eigenvalue weighted by Crippen LogP contribution is -2.45. The first-order valence-corrected chi connectivity index (χ1v) is 12.4. The average molecular weight is 562 g/mol. The summed E-state index contributed by atoms with van der Waals surface area (Å²) in [6, 6.07) is 5.18. The number of halogens is 4. The van der Waals surface area contributed by atoms with Crippen molar-refractivity contribution in [3.05, 3.63) is 86.8 Å². The van der Waals surface area contributed by atoms with Crippen LogP contribution in [0.3, 0.4) is 0 Å². The second-order valence-corrected chi connectivity index (χ2v) is 9.29. The van der Waals surface area contributed by atoms with Crippen LogP contribution in [0.15, 0.2) is 47.4 Å². The number of pyridine rings is 1. The van der Waals surface area contributed by atoms with E-state index in [4.69, 9.17) is 4.74 Å². The predicted octanol–water partition coefficient (Wildman–Crippen LogP) is 4.30. The van der Waals surface area contributed by atoms with Crippen LogP contribution < -0.4 is 25.2 Å². The molecule has 3 aromatic rings. The van der Waals surface area contributed by atoms with Crippen LogP contribution >= 0.6 is 0 Å². The van der Waals surface area contributed by atoms with E-state index in [-0.39, 0.29) is 29.3 Å². The second kappa shape index (κ2) is 11.4. The highest BCUT2D eigenvalue weighted by Crippen LogP contribution is 2.37. The van der Waals surface area contributed by atoms with Gasteiger partial charge in [0, 0.05) is 48.5 Å². The molecule has 1 aliphatic heterocycles. The Morgan fingerprint density at radius 1 is 1.07 bits per heavy atom. The van der Waals surface area contributed by atoms with E-state index < -0.39 is 53.1 Å². The van der Waals surface area contributed by atoms with E-state index in [9.17, 15) is 23.2 Å². The summed E-state index contributed by atoms with van der Waals surface area (Å²) in [6.45, 7) is 2.17. The fourth-order valence-electron chi connectivity index (χ4n) is 4.82. The van der Waals surface area contributed by atoms with Crippen molar-refractivity contribution in [2.75, 3.05) is 18.6 Å². The first-order chi connectivity index (χ1) is 19.0. The number of hydrogen-bond donors (Lipinski definition) is 1. The quantitative estimate of drug-likeness (QED) is 0.415. The Bertz CT molecular complexity index is 1480. The van der Waals surface area contributed by atoms with Gasteiger partial charge in [0.25, 0.3) is 11.5 Å². The number of carbonyl (C=O) groups excluding carboxylic acids is 2. The molecule has 0 radical (unpaired) electrons. The Morgan fingerprint density at radius 3 is 2.25 bits per heavy atom. The molecule has 2 aromatic carbocycles. The van der Waals surface area contributed by atoms with Crippen LogP contribution in [-0.4, -0.2) is 42.7 Å². The van der Waals surface area contributed by atoms with Crippen molar-refractivity contribution in [2.45, 2.75) is 45.9 Å². The number of benzene rings is 2. The molecule has 2 amide bonds. The largest absolute Gasteiger partial charge is 0.497 e. The maximum Gasteiger partial charge on any atom is 0.387 e. The fraction of sp³-hybridized carbons (Fsp3) is 0.321. The van der Waals surface area contributed by atoms with Gasteiger partial charge in [0.05, 0.1) is 7.11 Å². The monoisotopic (exact) mass is 561 g/mol. The second-order valence-electron chi connectivity index (χ2n) is 9.29. The Hall–Kier alpha value is -4.35. The lowest BCUT2D eigenvalue weighted by atomic mass is 9.92. The smallest absolute Gasteiger partial charge is 0.387 e. The number of ether oxygens (including phenoxy) is 2. The minimum atomic E-state index is -3.06. The summed E-state index contributed by atoms with van der Waals surface area (Å²) in [7, 11) is 1.24. The van der Waals surface area contributed by atoms with Crippen LogP contribution in [0, 0.1) is 25.5 Å². The van der Waals surface area contributed by atoms with Crippen LogP contribution in [-0.2, 0) is 11.3 Å². The molecule has 0 aliphatic carbocycles. The normalized spacial score (nSPS) is 16.9. The molecule has 0 bridgehead atoms. The molecule has 8 nitrogen and oxygen atoms in total. The zero-order valence-electron chi connectivity index (χ0n) is 22.1. The number of alkyl halides is 2. The summed E-state index contributed by atoms with van der Waals surface area (Å²) in [5, 5.41) is 2.53. The molecule has 12 heteroatoms. The summed E-state index contributed by atoms with van der Waals surface area (Å²) in [5.74, 6) is -5.00. The zero-order valence-corrected chi connectivity index (χ0v) is 22.1. The van der Waals surface area contributed by atoms with Crippen LogP contribution in [0.2, 0.25) is 0 Å². The molecular weight excluding hydrogens is 534 g/mol. The average Bonchev–Trinajstić information content (AvgIpc) is 3.20. The minimum Gasteiger partial charge on any atom is -0.497 e. The number of hydrogen-bond acceptors (Lipinski definition) is 5. The molecular formula is C28H27F4N3O5. The van der Waals surface area contributed by atoms with E-state index in [1.807, 2.05) is 0 Å². The first-order valence-electron chi connectivity index (χ1n) is 12.4. The number of nitrogens with zero attached hydrogens (tertiary/aromatic N) is 2. The van der Waals surface area contributed by atoms with Crippen LogP contribution in [0.25, 0.3) is 0 Å². The van der Waals surface area contributed by atoms with Crippen molar-refractivity contribution < 1.29 is 36.6 Å². The summed E-state index contributed by atoms with van der Waals surface area (Å²) < 4.78 is 66.0. The SMILES string of the molecule is CCn1cc(C)c(C)c(N2C[C@@H](c3c(F)cc(OC)cc3F)C(NC(=O)c3ccc(OC(F)F)cc3)C2=O)c1=O. The van der Waals surface area contributed by atoms with Crippen LogP contribution in [0.5, 0.6) is 11.5 Å². The zero-order chi connectivity index (χ0) is 29.3. The molecule has 0 saturated carbocycles. The fourth-order valence-corrected chi connectivity index (χ4v) is 4.82. The van der Waals surface area contributed by atoms with E-state index >= 15 is 8.78 Å². The number of rotatable bonds is 8. The maximum absolute atomic E-state index is 15.2. The molecule has 4 rings (SSSR count). The van der Waals surface area contributed by atoms with Gasteiger partial charge in [0.2, 0.25) is 5.91 Å². The summed E-state index contributed by atoms with van der Waals surface area (Å²) in [6.07, 6.45) is 1.66. The number of methoxy groups -OCH3 is 1. The van der Waals surface area contributed by atoms with E-state index in [1.165, 1.54) is 23.8 Å². The van der Waals surface area contributed by atoms with Gasteiger partial charge in [-0.15, -0.1) is 0 Å². The van der Waals surface area contributed by atoms with Crippen molar-refractivity contribution in [1.82, 2.24) is 9.88 Å². The standard InChI is InChI=1S/C28H27F4N3O5/c1-5-34-12-14(2)15(3)24(27(34)38)35-13-19(22-20(29)10-18(39-4)11-21(22)30)23(26(35)37)33-25(36)16-6-8-17(9-7-16)40-28(31)32/h6-12,19,23,28H,5,13H2,1-4H3,(H,33,36)/t19-,23?/m0/s1. The Kier molecular flexibility index (Phi) is 8.17. The molecule has 1 N–H and O–H groups in total. The Balaban J connectivity index is 1.77. The number of anilines is 1. The van der Waals surface area contributed by atoms with Crippen molar-refractivity contribution >= 4 is 17.5 Å². The van der Waals surface area contributed by atoms with Gasteiger partial charge in [-0.1, -0.05) is 0 Å². The van der Waals surface area contributed by atoms with E-state index in [2.05, 4.69) is 10.1 Å². The minimum absolute atomic E-state index is 0.0117. The molecule has 1 saturated heterocycles. The highest BCUT2D eigenvalue weighted by molar-refractivity contribution is 6.05. The van der Waals surface area contributed by atoms with Crippen molar-refractivity contribution in [3.63, 3.8) is 0 Å². The molecule has 2 heterocycles. The molecule has 1 aliphatic rings. The van der Waals surface area contributed by atoms with Gasteiger partial charge in [-0.2, -0.15) is 8.78 Å². The topological polar surface area (TPSA) is 89.9 Å². The maximum atomic E-state index is 15.2. The van der Waals surface area contributed by atoms with Crippen molar-refractivity contribution in [3.8, 4) is 11.5 Å². The molecule has 2 atom stereocenters. The van der Waals surface area contributed by atoms with Gasteiger partial charge >= 0.3 is 6.61 Å². The molecule has 0 spiro atoms. The Morgan fingerprint density at radius 2 is 1.70 bits per heavy atom. The lowest BCUT2D eigenvalue weighted by Gasteiger charge is -2.21. The van der Waals surface area contributed by atoms with Gasteiger partial charge in [-0.3, -0.25) is 14.4 Å². The molecule has 40 heavy (non-hydrogen) atoms. The number of aromatic nitrogens is 1. The number of carbonyl (C=O) groups is 2. The van der Waals surface area contributed by atoms with Crippen molar-refractivity contribution in [1.29, 1.82) is 0 Å².